The van der Waals surface area contributed by atoms with Crippen molar-refractivity contribution in [3.8, 4) is 0 Å². The van der Waals surface area contributed by atoms with E-state index in [1.807, 2.05) is 0 Å². The summed E-state index contributed by atoms with van der Waals surface area (Å²) < 4.78 is 18.0. The van der Waals surface area contributed by atoms with Crippen molar-refractivity contribution in [1.29, 1.82) is 0 Å². The van der Waals surface area contributed by atoms with Gasteiger partial charge in [-0.05, 0) is 31.0 Å². The summed E-state index contributed by atoms with van der Waals surface area (Å²) in [5.41, 5.74) is 6.95. The molecule has 3 nitrogen and oxygen atoms in total. The summed E-state index contributed by atoms with van der Waals surface area (Å²) in [6, 6.07) is 4.21. The summed E-state index contributed by atoms with van der Waals surface area (Å²) in [6.07, 6.45) is 0.0658. The average Bonchev–Trinajstić information content (AvgIpc) is 2.22. The van der Waals surface area contributed by atoms with Gasteiger partial charge in [-0.1, -0.05) is 12.1 Å². The molecule has 1 rings (SSSR count). The molecule has 1 aromatic carbocycles. The van der Waals surface area contributed by atoms with Gasteiger partial charge in [-0.3, -0.25) is 4.79 Å². The van der Waals surface area contributed by atoms with E-state index in [1.54, 1.807) is 26.0 Å². The van der Waals surface area contributed by atoms with Gasteiger partial charge >= 0.3 is 5.97 Å². The summed E-state index contributed by atoms with van der Waals surface area (Å²) in [5.74, 6) is -0.673. The molecule has 0 bridgehead atoms. The average molecular weight is 225 g/mol. The molecule has 0 spiro atoms. The largest absolute Gasteiger partial charge is 0.466 e. The maximum Gasteiger partial charge on any atom is 0.307 e. The fraction of sp³-hybridized carbons (Fsp3) is 0.417. The van der Waals surface area contributed by atoms with Crippen LogP contribution in [0.1, 0.15) is 30.5 Å². The molecule has 1 aromatic rings. The Morgan fingerprint density at radius 2 is 2.25 bits per heavy atom. The Hall–Kier alpha value is -1.42. The van der Waals surface area contributed by atoms with Gasteiger partial charge in [0.15, 0.2) is 0 Å². The van der Waals surface area contributed by atoms with Crippen LogP contribution in [0, 0.1) is 12.7 Å². The Bertz CT molecular complexity index is 379. The van der Waals surface area contributed by atoms with Gasteiger partial charge in [0.25, 0.3) is 0 Å². The summed E-state index contributed by atoms with van der Waals surface area (Å²) in [4.78, 5) is 11.2. The van der Waals surface area contributed by atoms with Gasteiger partial charge < -0.3 is 10.5 Å². The van der Waals surface area contributed by atoms with Crippen LogP contribution in [0.25, 0.3) is 0 Å². The van der Waals surface area contributed by atoms with E-state index in [1.165, 1.54) is 6.07 Å². The third-order valence-corrected chi connectivity index (χ3v) is 2.32. The Labute approximate surface area is 94.4 Å². The molecular formula is C12H16FNO2. The van der Waals surface area contributed by atoms with Crippen LogP contribution in [-0.4, -0.2) is 12.6 Å². The number of esters is 1. The van der Waals surface area contributed by atoms with Crippen molar-refractivity contribution < 1.29 is 13.9 Å². The first-order valence-corrected chi connectivity index (χ1v) is 5.21. The minimum absolute atomic E-state index is 0.0658. The summed E-state index contributed by atoms with van der Waals surface area (Å²) in [7, 11) is 0. The van der Waals surface area contributed by atoms with Gasteiger partial charge in [0.05, 0.1) is 13.0 Å². The van der Waals surface area contributed by atoms with E-state index >= 15 is 0 Å². The van der Waals surface area contributed by atoms with Crippen molar-refractivity contribution in [2.45, 2.75) is 26.3 Å². The second-order valence-corrected chi connectivity index (χ2v) is 3.62. The number of benzene rings is 1. The minimum Gasteiger partial charge on any atom is -0.466 e. The topological polar surface area (TPSA) is 52.3 Å². The number of carbonyl (C=O) groups is 1. The van der Waals surface area contributed by atoms with Crippen LogP contribution in [0.2, 0.25) is 0 Å². The molecule has 0 aromatic heterocycles. The van der Waals surface area contributed by atoms with Crippen LogP contribution in [0.4, 0.5) is 4.39 Å². The Kier molecular flexibility index (Phi) is 4.43. The molecule has 4 heteroatoms. The van der Waals surface area contributed by atoms with E-state index < -0.39 is 6.04 Å². The summed E-state index contributed by atoms with van der Waals surface area (Å²) >= 11 is 0. The zero-order chi connectivity index (χ0) is 12.1. The Balaban J connectivity index is 2.69. The molecule has 1 atom stereocenters. The second-order valence-electron chi connectivity index (χ2n) is 3.62. The lowest BCUT2D eigenvalue weighted by Crippen LogP contribution is -2.17. The standard InChI is InChI=1S/C12H16FNO2/c1-3-16-12(15)7-11(14)9-5-4-8(2)10(13)6-9/h4-6,11H,3,7,14H2,1-2H3. The van der Waals surface area contributed by atoms with E-state index in [0.717, 1.165) is 0 Å². The lowest BCUT2D eigenvalue weighted by atomic mass is 10.0. The predicted octanol–water partition coefficient (Wildman–Crippen LogP) is 2.09. The molecular weight excluding hydrogens is 209 g/mol. The van der Waals surface area contributed by atoms with Crippen molar-refractivity contribution in [3.63, 3.8) is 0 Å². The summed E-state index contributed by atoms with van der Waals surface area (Å²) in [6.45, 7) is 3.73. The van der Waals surface area contributed by atoms with Gasteiger partial charge in [-0.25, -0.2) is 4.39 Å². The lowest BCUT2D eigenvalue weighted by molar-refractivity contribution is -0.143. The van der Waals surface area contributed by atoms with Crippen LogP contribution in [-0.2, 0) is 9.53 Å². The highest BCUT2D eigenvalue weighted by molar-refractivity contribution is 5.70. The minimum atomic E-state index is -0.519. The van der Waals surface area contributed by atoms with Crippen LogP contribution < -0.4 is 5.73 Å². The number of halogens is 1. The third kappa shape index (κ3) is 3.31. The fourth-order valence-corrected chi connectivity index (χ4v) is 1.36. The molecule has 0 aliphatic rings. The first kappa shape index (κ1) is 12.6. The van der Waals surface area contributed by atoms with E-state index in [9.17, 15) is 9.18 Å². The molecule has 0 radical (unpaired) electrons. The van der Waals surface area contributed by atoms with Gasteiger partial charge in [0.1, 0.15) is 5.82 Å². The number of nitrogens with two attached hydrogens (primary N) is 1. The van der Waals surface area contributed by atoms with E-state index in [-0.39, 0.29) is 18.2 Å². The normalized spacial score (nSPS) is 12.2. The highest BCUT2D eigenvalue weighted by Crippen LogP contribution is 2.17. The van der Waals surface area contributed by atoms with E-state index in [2.05, 4.69) is 0 Å². The van der Waals surface area contributed by atoms with Crippen molar-refractivity contribution in [2.24, 2.45) is 5.73 Å². The van der Waals surface area contributed by atoms with Crippen molar-refractivity contribution in [3.05, 3.63) is 35.1 Å². The zero-order valence-electron chi connectivity index (χ0n) is 9.50. The number of carbonyl (C=O) groups excluding carboxylic acids is 1. The van der Waals surface area contributed by atoms with E-state index in [0.29, 0.717) is 17.7 Å². The maximum absolute atomic E-state index is 13.3. The molecule has 0 saturated carbocycles. The number of hydrogen-bond acceptors (Lipinski definition) is 3. The highest BCUT2D eigenvalue weighted by atomic mass is 19.1. The summed E-state index contributed by atoms with van der Waals surface area (Å²) in [5, 5.41) is 0. The second kappa shape index (κ2) is 5.61. The monoisotopic (exact) mass is 225 g/mol. The van der Waals surface area contributed by atoms with Gasteiger partial charge in [-0.2, -0.15) is 0 Å². The Morgan fingerprint density at radius 3 is 2.81 bits per heavy atom. The molecule has 0 fully saturated rings. The van der Waals surface area contributed by atoms with Gasteiger partial charge in [0, 0.05) is 6.04 Å². The molecule has 16 heavy (non-hydrogen) atoms. The van der Waals surface area contributed by atoms with Crippen molar-refractivity contribution in [2.75, 3.05) is 6.61 Å². The number of rotatable bonds is 4. The van der Waals surface area contributed by atoms with Crippen LogP contribution >= 0.6 is 0 Å². The van der Waals surface area contributed by atoms with Gasteiger partial charge in [-0.15, -0.1) is 0 Å². The highest BCUT2D eigenvalue weighted by Gasteiger charge is 2.13. The smallest absolute Gasteiger partial charge is 0.307 e. The van der Waals surface area contributed by atoms with Crippen molar-refractivity contribution >= 4 is 5.97 Å². The number of aryl methyl sites for hydroxylation is 1. The number of hydrogen-bond donors (Lipinski definition) is 1. The van der Waals surface area contributed by atoms with Crippen LogP contribution in [0.3, 0.4) is 0 Å². The lowest BCUT2D eigenvalue weighted by Gasteiger charge is -2.11. The van der Waals surface area contributed by atoms with E-state index in [4.69, 9.17) is 10.5 Å². The Morgan fingerprint density at radius 1 is 1.56 bits per heavy atom. The van der Waals surface area contributed by atoms with Crippen LogP contribution in [0.5, 0.6) is 0 Å². The molecule has 88 valence electrons. The third-order valence-electron chi connectivity index (χ3n) is 2.32. The fourth-order valence-electron chi connectivity index (χ4n) is 1.36. The SMILES string of the molecule is CCOC(=O)CC(N)c1ccc(C)c(F)c1. The zero-order valence-corrected chi connectivity index (χ0v) is 9.50. The van der Waals surface area contributed by atoms with Crippen LogP contribution in [0.15, 0.2) is 18.2 Å². The molecule has 0 aliphatic carbocycles. The molecule has 0 amide bonds. The molecule has 0 saturated heterocycles. The number of ether oxygens (including phenoxy) is 1. The first-order valence-electron chi connectivity index (χ1n) is 5.21. The first-order chi connectivity index (χ1) is 7.54. The van der Waals surface area contributed by atoms with Crippen molar-refractivity contribution in [1.82, 2.24) is 0 Å². The maximum atomic E-state index is 13.3. The molecule has 1 unspecified atom stereocenters. The van der Waals surface area contributed by atoms with Gasteiger partial charge in [0.2, 0.25) is 0 Å². The molecule has 0 heterocycles. The molecule has 0 aliphatic heterocycles. The quantitative estimate of drug-likeness (QED) is 0.798. The molecule has 2 N–H and O–H groups in total. The predicted molar refractivity (Wildman–Crippen MR) is 59.3 cm³/mol.